The lowest BCUT2D eigenvalue weighted by molar-refractivity contribution is 0.497. The molecule has 0 fully saturated rings. The minimum atomic E-state index is -0.896. The van der Waals surface area contributed by atoms with Gasteiger partial charge in [0, 0.05) is 16.7 Å². The van der Waals surface area contributed by atoms with E-state index < -0.39 is 23.3 Å². The molecule has 1 aliphatic rings. The molecule has 0 radical (unpaired) electrons. The summed E-state index contributed by atoms with van der Waals surface area (Å²) in [5.74, 6) is -2.98. The van der Waals surface area contributed by atoms with Gasteiger partial charge in [-0.15, -0.1) is 0 Å². The lowest BCUT2D eigenvalue weighted by atomic mass is 9.85. The maximum Gasteiger partial charge on any atom is 0.167 e. The Hall–Kier alpha value is -3.14. The van der Waals surface area contributed by atoms with Gasteiger partial charge in [-0.25, -0.2) is 17.6 Å². The first-order valence-electron chi connectivity index (χ1n) is 13.8. The summed E-state index contributed by atoms with van der Waals surface area (Å²) in [4.78, 5) is 0. The molecule has 1 aliphatic carbocycles. The molecule has 0 spiro atoms. The van der Waals surface area contributed by atoms with Crippen molar-refractivity contribution >= 4 is 5.57 Å². The lowest BCUT2D eigenvalue weighted by Gasteiger charge is -2.20. The van der Waals surface area contributed by atoms with E-state index in [0.29, 0.717) is 41.0 Å². The first-order chi connectivity index (χ1) is 18.4. The van der Waals surface area contributed by atoms with Crippen LogP contribution in [0, 0.1) is 29.2 Å². The molecule has 1 atom stereocenters. The highest BCUT2D eigenvalue weighted by Gasteiger charge is 2.21. The van der Waals surface area contributed by atoms with Gasteiger partial charge in [0.25, 0.3) is 0 Å². The summed E-state index contributed by atoms with van der Waals surface area (Å²) in [6, 6.07) is 13.0. The molecule has 3 aromatic carbocycles. The smallest absolute Gasteiger partial charge is 0.167 e. The molecule has 0 aliphatic heterocycles. The van der Waals surface area contributed by atoms with Crippen LogP contribution in [-0.2, 0) is 6.42 Å². The SMILES string of the molecule is C/C=C/C1CC=C(c2ccc(-c3ccc(-c4ccc(CCCCCCC)c(F)c4F)cc3)c(F)c2F)CC1. The van der Waals surface area contributed by atoms with E-state index in [9.17, 15) is 8.78 Å². The second-order valence-corrected chi connectivity index (χ2v) is 10.2. The van der Waals surface area contributed by atoms with Crippen LogP contribution in [0.15, 0.2) is 66.8 Å². The molecule has 0 aromatic heterocycles. The van der Waals surface area contributed by atoms with E-state index in [2.05, 4.69) is 13.0 Å². The van der Waals surface area contributed by atoms with E-state index in [1.54, 1.807) is 48.5 Å². The molecule has 4 heteroatoms. The van der Waals surface area contributed by atoms with Crippen LogP contribution >= 0.6 is 0 Å². The minimum absolute atomic E-state index is 0.145. The Morgan fingerprint density at radius 1 is 0.711 bits per heavy atom. The molecule has 0 N–H and O–H groups in total. The normalized spacial score (nSPS) is 15.7. The fourth-order valence-corrected chi connectivity index (χ4v) is 5.32. The van der Waals surface area contributed by atoms with Gasteiger partial charge in [-0.2, -0.15) is 0 Å². The molecule has 0 saturated heterocycles. The monoisotopic (exact) mass is 520 g/mol. The molecule has 1 unspecified atom stereocenters. The fraction of sp³-hybridized carbons (Fsp3) is 0.353. The third-order valence-electron chi connectivity index (χ3n) is 7.56. The molecular formula is C34H36F4. The van der Waals surface area contributed by atoms with Crippen LogP contribution in [-0.4, -0.2) is 0 Å². The Kier molecular flexibility index (Phi) is 9.60. The third-order valence-corrected chi connectivity index (χ3v) is 7.56. The highest BCUT2D eigenvalue weighted by molar-refractivity contribution is 5.74. The van der Waals surface area contributed by atoms with Crippen LogP contribution in [0.5, 0.6) is 0 Å². The average Bonchev–Trinajstić information content (AvgIpc) is 2.93. The molecule has 3 aromatic rings. The van der Waals surface area contributed by atoms with E-state index >= 15 is 8.78 Å². The van der Waals surface area contributed by atoms with Crippen LogP contribution in [0.3, 0.4) is 0 Å². The van der Waals surface area contributed by atoms with Crippen molar-refractivity contribution in [3.8, 4) is 22.3 Å². The van der Waals surface area contributed by atoms with E-state index in [4.69, 9.17) is 0 Å². The second kappa shape index (κ2) is 13.1. The van der Waals surface area contributed by atoms with Crippen LogP contribution in [0.2, 0.25) is 0 Å². The van der Waals surface area contributed by atoms with Gasteiger partial charge in [0.15, 0.2) is 23.3 Å². The van der Waals surface area contributed by atoms with Gasteiger partial charge in [0.05, 0.1) is 0 Å². The molecule has 0 heterocycles. The Morgan fingerprint density at radius 2 is 1.29 bits per heavy atom. The zero-order valence-electron chi connectivity index (χ0n) is 22.3. The van der Waals surface area contributed by atoms with Gasteiger partial charge >= 0.3 is 0 Å². The Bertz CT molecular complexity index is 1300. The summed E-state index contributed by atoms with van der Waals surface area (Å²) in [5.41, 5.74) is 2.81. The van der Waals surface area contributed by atoms with Gasteiger partial charge in [-0.05, 0) is 67.2 Å². The van der Waals surface area contributed by atoms with E-state index in [-0.39, 0.29) is 11.1 Å². The zero-order chi connectivity index (χ0) is 27.1. The van der Waals surface area contributed by atoms with E-state index in [1.165, 1.54) is 0 Å². The summed E-state index contributed by atoms with van der Waals surface area (Å²) in [6.07, 6.45) is 14.4. The van der Waals surface area contributed by atoms with Crippen molar-refractivity contribution in [1.29, 1.82) is 0 Å². The van der Waals surface area contributed by atoms with Crippen molar-refractivity contribution in [2.24, 2.45) is 5.92 Å². The number of aryl methyl sites for hydroxylation is 1. The first-order valence-corrected chi connectivity index (χ1v) is 13.8. The molecule has 0 amide bonds. The Balaban J connectivity index is 1.51. The molecule has 0 bridgehead atoms. The van der Waals surface area contributed by atoms with Crippen molar-refractivity contribution < 1.29 is 17.6 Å². The topological polar surface area (TPSA) is 0 Å². The van der Waals surface area contributed by atoms with Crippen molar-refractivity contribution in [3.63, 3.8) is 0 Å². The Labute approximate surface area is 224 Å². The van der Waals surface area contributed by atoms with E-state index in [0.717, 1.165) is 50.5 Å². The number of allylic oxidation sites excluding steroid dienone is 4. The number of benzene rings is 3. The van der Waals surface area contributed by atoms with Crippen LogP contribution in [0.4, 0.5) is 17.6 Å². The highest BCUT2D eigenvalue weighted by Crippen LogP contribution is 2.36. The maximum absolute atomic E-state index is 15.1. The maximum atomic E-state index is 15.1. The van der Waals surface area contributed by atoms with Crippen LogP contribution in [0.25, 0.3) is 27.8 Å². The molecule has 0 saturated carbocycles. The van der Waals surface area contributed by atoms with Crippen LogP contribution < -0.4 is 0 Å². The minimum Gasteiger partial charge on any atom is -0.203 e. The first kappa shape index (κ1) is 27.9. The average molecular weight is 521 g/mol. The lowest BCUT2D eigenvalue weighted by Crippen LogP contribution is -2.05. The summed E-state index contributed by atoms with van der Waals surface area (Å²) < 4.78 is 59.9. The van der Waals surface area contributed by atoms with Gasteiger partial charge in [0.2, 0.25) is 0 Å². The van der Waals surface area contributed by atoms with Gasteiger partial charge in [-0.1, -0.05) is 99.4 Å². The van der Waals surface area contributed by atoms with Crippen LogP contribution in [0.1, 0.15) is 76.3 Å². The third kappa shape index (κ3) is 6.28. The van der Waals surface area contributed by atoms with Gasteiger partial charge in [-0.3, -0.25) is 0 Å². The molecular weight excluding hydrogens is 484 g/mol. The predicted molar refractivity (Wildman–Crippen MR) is 150 cm³/mol. The van der Waals surface area contributed by atoms with Gasteiger partial charge < -0.3 is 0 Å². The number of rotatable bonds is 10. The molecule has 200 valence electrons. The second-order valence-electron chi connectivity index (χ2n) is 10.2. The quantitative estimate of drug-likeness (QED) is 0.142. The molecule has 4 rings (SSSR count). The van der Waals surface area contributed by atoms with Crippen molar-refractivity contribution in [2.45, 2.75) is 71.6 Å². The number of halogens is 4. The number of hydrogen-bond acceptors (Lipinski definition) is 0. The summed E-state index contributed by atoms with van der Waals surface area (Å²) in [6.45, 7) is 4.13. The predicted octanol–water partition coefficient (Wildman–Crippen LogP) is 10.8. The molecule has 38 heavy (non-hydrogen) atoms. The van der Waals surface area contributed by atoms with Crippen molar-refractivity contribution in [2.75, 3.05) is 0 Å². The standard InChI is InChI=1S/C34H36F4/c1-3-5-6-7-8-10-27-19-20-28(32(36)31(27)35)25-15-17-26(18-16-25)30-22-21-29(33(37)34(30)38)24-13-11-23(9-4-2)12-14-24/h4,9,13,15-23H,3,5-8,10-12,14H2,1-2H3/b9-4+. The summed E-state index contributed by atoms with van der Waals surface area (Å²) in [7, 11) is 0. The van der Waals surface area contributed by atoms with Crippen molar-refractivity contribution in [3.05, 3.63) is 101 Å². The Morgan fingerprint density at radius 3 is 1.89 bits per heavy atom. The summed E-state index contributed by atoms with van der Waals surface area (Å²) in [5, 5.41) is 0. The number of hydrogen-bond donors (Lipinski definition) is 0. The number of unbranched alkanes of at least 4 members (excludes halogenated alkanes) is 4. The fourth-order valence-electron chi connectivity index (χ4n) is 5.32. The largest absolute Gasteiger partial charge is 0.203 e. The summed E-state index contributed by atoms with van der Waals surface area (Å²) >= 11 is 0. The van der Waals surface area contributed by atoms with Gasteiger partial charge in [0.1, 0.15) is 0 Å². The van der Waals surface area contributed by atoms with E-state index in [1.807, 2.05) is 19.1 Å². The zero-order valence-corrected chi connectivity index (χ0v) is 22.3. The highest BCUT2D eigenvalue weighted by atomic mass is 19.2. The molecule has 0 nitrogen and oxygen atoms in total. The van der Waals surface area contributed by atoms with Crippen molar-refractivity contribution in [1.82, 2.24) is 0 Å².